The van der Waals surface area contributed by atoms with Crippen LogP contribution in [0.1, 0.15) is 49.9 Å². The highest BCUT2D eigenvalue weighted by Gasteiger charge is 2.55. The van der Waals surface area contributed by atoms with Crippen LogP contribution in [0.25, 0.3) is 0 Å². The summed E-state index contributed by atoms with van der Waals surface area (Å²) in [5.41, 5.74) is -0.914. The van der Waals surface area contributed by atoms with Gasteiger partial charge in [0.1, 0.15) is 17.6 Å². The minimum absolute atomic E-state index is 0.0113. The molecule has 3 amide bonds. The lowest BCUT2D eigenvalue weighted by Crippen LogP contribution is -2.60. The summed E-state index contributed by atoms with van der Waals surface area (Å²) in [7, 11) is 0. The number of carbonyl (C=O) groups is 3. The van der Waals surface area contributed by atoms with Gasteiger partial charge < -0.3 is 14.5 Å². The van der Waals surface area contributed by atoms with E-state index in [1.54, 1.807) is 21.9 Å². The first-order valence-corrected chi connectivity index (χ1v) is 11.1. The van der Waals surface area contributed by atoms with Gasteiger partial charge in [0, 0.05) is 33.1 Å². The minimum Gasteiger partial charge on any atom is -0.353 e. The molecule has 168 valence electrons. The van der Waals surface area contributed by atoms with Crippen LogP contribution in [0.2, 0.25) is 0 Å². The number of carbonyl (C=O) groups excluding carboxylic acids is 3. The number of rotatable bonds is 2. The van der Waals surface area contributed by atoms with Gasteiger partial charge in [-0.1, -0.05) is 25.5 Å². The first-order valence-electron chi connectivity index (χ1n) is 11.1. The van der Waals surface area contributed by atoms with E-state index in [0.717, 1.165) is 12.8 Å². The van der Waals surface area contributed by atoms with E-state index in [9.17, 15) is 18.8 Å². The lowest BCUT2D eigenvalue weighted by molar-refractivity contribution is -0.142. The van der Waals surface area contributed by atoms with Crippen molar-refractivity contribution >= 4 is 17.7 Å². The van der Waals surface area contributed by atoms with Crippen LogP contribution in [0.5, 0.6) is 0 Å². The average Bonchev–Trinajstić information content (AvgIpc) is 3.11. The first kappa shape index (κ1) is 21.7. The quantitative estimate of drug-likeness (QED) is 0.720. The van der Waals surface area contributed by atoms with Crippen LogP contribution >= 0.6 is 0 Å². The molecule has 2 saturated heterocycles. The van der Waals surface area contributed by atoms with Gasteiger partial charge in [0.05, 0.1) is 12.2 Å². The second-order valence-electron chi connectivity index (χ2n) is 8.96. The summed E-state index contributed by atoms with van der Waals surface area (Å²) in [6, 6.07) is 5.10. The number of benzene rings is 1. The van der Waals surface area contributed by atoms with E-state index in [1.165, 1.54) is 24.0 Å². The van der Waals surface area contributed by atoms with E-state index >= 15 is 0 Å². The zero-order valence-electron chi connectivity index (χ0n) is 18.2. The Morgan fingerprint density at radius 2 is 1.77 bits per heavy atom. The highest BCUT2D eigenvalue weighted by Crippen LogP contribution is 2.43. The first-order chi connectivity index (χ1) is 14.8. The van der Waals surface area contributed by atoms with Crippen LogP contribution in [-0.4, -0.2) is 77.0 Å². The number of nitrogens with zero attached hydrogens (tertiary/aromatic N) is 3. The van der Waals surface area contributed by atoms with Gasteiger partial charge in [-0.2, -0.15) is 0 Å². The summed E-state index contributed by atoms with van der Waals surface area (Å²) in [6.07, 6.45) is 3.20. The highest BCUT2D eigenvalue weighted by atomic mass is 19.1. The van der Waals surface area contributed by atoms with Crippen molar-refractivity contribution in [3.05, 3.63) is 35.6 Å². The molecule has 0 radical (unpaired) electrons. The van der Waals surface area contributed by atoms with Gasteiger partial charge in [0.15, 0.2) is 0 Å². The van der Waals surface area contributed by atoms with E-state index in [4.69, 9.17) is 4.74 Å². The Balaban J connectivity index is 1.62. The molecular weight excluding hydrogens is 401 g/mol. The van der Waals surface area contributed by atoms with E-state index in [0.29, 0.717) is 44.9 Å². The Morgan fingerprint density at radius 3 is 2.42 bits per heavy atom. The molecule has 3 unspecified atom stereocenters. The zero-order chi connectivity index (χ0) is 22.2. The molecule has 1 spiro atoms. The number of amides is 3. The van der Waals surface area contributed by atoms with Crippen molar-refractivity contribution in [1.29, 1.82) is 0 Å². The minimum atomic E-state index is -0.876. The van der Waals surface area contributed by atoms with Crippen molar-refractivity contribution in [3.63, 3.8) is 0 Å². The molecule has 2 heterocycles. The van der Waals surface area contributed by atoms with E-state index < -0.39 is 23.5 Å². The molecule has 1 aromatic rings. The Kier molecular flexibility index (Phi) is 6.01. The van der Waals surface area contributed by atoms with Gasteiger partial charge in [-0.15, -0.1) is 0 Å². The maximum Gasteiger partial charge on any atom is 0.259 e. The van der Waals surface area contributed by atoms with E-state index in [2.05, 4.69) is 6.92 Å². The fourth-order valence-corrected chi connectivity index (χ4v) is 5.21. The summed E-state index contributed by atoms with van der Waals surface area (Å²) >= 11 is 0. The molecule has 31 heavy (non-hydrogen) atoms. The summed E-state index contributed by atoms with van der Waals surface area (Å²) < 4.78 is 20.7. The maximum atomic E-state index is 14.5. The Labute approximate surface area is 182 Å². The van der Waals surface area contributed by atoms with Crippen LogP contribution < -0.4 is 0 Å². The number of ether oxygens (including phenoxy) is 1. The smallest absolute Gasteiger partial charge is 0.259 e. The Morgan fingerprint density at radius 1 is 1.10 bits per heavy atom. The monoisotopic (exact) mass is 431 g/mol. The van der Waals surface area contributed by atoms with Crippen LogP contribution in [0.15, 0.2) is 24.3 Å². The summed E-state index contributed by atoms with van der Waals surface area (Å²) in [6.45, 7) is 5.52. The Bertz CT molecular complexity index is 870. The molecule has 0 bridgehead atoms. The maximum absolute atomic E-state index is 14.5. The summed E-state index contributed by atoms with van der Waals surface area (Å²) in [4.78, 5) is 43.6. The van der Waals surface area contributed by atoms with Crippen molar-refractivity contribution in [2.45, 2.75) is 51.3 Å². The SMILES string of the molecule is CC(=O)N1CCN(C(=O)C2COC3(CCCC(C)C3)N2C(=O)c2ccccc2F)CC1. The molecule has 0 N–H and O–H groups in total. The summed E-state index contributed by atoms with van der Waals surface area (Å²) in [5.74, 6) is -0.950. The second kappa shape index (κ2) is 8.57. The standard InChI is InChI=1S/C23H30FN3O4/c1-16-6-5-9-23(14-16)27(21(29)18-7-3-4-8-19(18)24)20(15-31-23)22(30)26-12-10-25(11-13-26)17(2)28/h3-4,7-8,16,20H,5-6,9-15H2,1-2H3. The third-order valence-corrected chi connectivity index (χ3v) is 6.84. The lowest BCUT2D eigenvalue weighted by atomic mass is 9.83. The third kappa shape index (κ3) is 4.05. The fraction of sp³-hybridized carbons (Fsp3) is 0.609. The number of halogens is 1. The molecule has 0 aromatic heterocycles. The van der Waals surface area contributed by atoms with Crippen molar-refractivity contribution in [1.82, 2.24) is 14.7 Å². The Hall–Kier alpha value is -2.48. The average molecular weight is 432 g/mol. The fourth-order valence-electron chi connectivity index (χ4n) is 5.21. The number of hydrogen-bond acceptors (Lipinski definition) is 4. The van der Waals surface area contributed by atoms with Gasteiger partial charge in [0.25, 0.3) is 5.91 Å². The predicted octanol–water partition coefficient (Wildman–Crippen LogP) is 2.26. The third-order valence-electron chi connectivity index (χ3n) is 6.84. The number of piperazine rings is 1. The molecule has 7 nitrogen and oxygen atoms in total. The topological polar surface area (TPSA) is 70.2 Å². The van der Waals surface area contributed by atoms with Crippen LogP contribution in [0.4, 0.5) is 4.39 Å². The molecule has 1 saturated carbocycles. The number of hydrogen-bond donors (Lipinski definition) is 0. The zero-order valence-corrected chi connectivity index (χ0v) is 18.2. The van der Waals surface area contributed by atoms with Crippen LogP contribution in [0.3, 0.4) is 0 Å². The van der Waals surface area contributed by atoms with Crippen molar-refractivity contribution in [2.24, 2.45) is 5.92 Å². The summed E-state index contributed by atoms with van der Waals surface area (Å²) in [5, 5.41) is 0. The van der Waals surface area contributed by atoms with Crippen molar-refractivity contribution in [3.8, 4) is 0 Å². The molecule has 3 fully saturated rings. The van der Waals surface area contributed by atoms with Gasteiger partial charge in [0.2, 0.25) is 11.8 Å². The van der Waals surface area contributed by atoms with Crippen LogP contribution in [0, 0.1) is 11.7 Å². The molecule has 4 rings (SSSR count). The molecule has 3 atom stereocenters. The highest BCUT2D eigenvalue weighted by molar-refractivity contribution is 5.98. The van der Waals surface area contributed by atoms with E-state index in [1.807, 2.05) is 0 Å². The lowest BCUT2D eigenvalue weighted by Gasteiger charge is -2.44. The van der Waals surface area contributed by atoms with Gasteiger partial charge in [-0.3, -0.25) is 19.3 Å². The molecule has 3 aliphatic rings. The van der Waals surface area contributed by atoms with Gasteiger partial charge >= 0.3 is 0 Å². The van der Waals surface area contributed by atoms with Crippen LogP contribution in [-0.2, 0) is 14.3 Å². The molecule has 1 aliphatic carbocycles. The molecule has 2 aliphatic heterocycles. The van der Waals surface area contributed by atoms with E-state index in [-0.39, 0.29) is 24.0 Å². The second-order valence-corrected chi connectivity index (χ2v) is 8.96. The molecule has 1 aromatic carbocycles. The predicted molar refractivity (Wildman–Crippen MR) is 112 cm³/mol. The van der Waals surface area contributed by atoms with Gasteiger partial charge in [-0.05, 0) is 37.3 Å². The van der Waals surface area contributed by atoms with Gasteiger partial charge in [-0.25, -0.2) is 4.39 Å². The largest absolute Gasteiger partial charge is 0.353 e. The van der Waals surface area contributed by atoms with Crippen molar-refractivity contribution < 1.29 is 23.5 Å². The normalized spacial score (nSPS) is 28.8. The molecular formula is C23H30FN3O4. The van der Waals surface area contributed by atoms with Crippen molar-refractivity contribution in [2.75, 3.05) is 32.8 Å². The molecule has 8 heteroatoms.